The number of ether oxygens (including phenoxy) is 5. The zero-order valence-corrected chi connectivity index (χ0v) is 40.6. The highest BCUT2D eigenvalue weighted by molar-refractivity contribution is 7.44. The van der Waals surface area contributed by atoms with Crippen LogP contribution in [0.25, 0.3) is 11.2 Å². The van der Waals surface area contributed by atoms with Gasteiger partial charge in [-0.2, -0.15) is 18.4 Å². The van der Waals surface area contributed by atoms with E-state index in [1.807, 2.05) is 117 Å². The Hall–Kier alpha value is -5.78. The molecule has 1 fully saturated rings. The summed E-state index contributed by atoms with van der Waals surface area (Å²) in [5.74, 6) is -1.46. The summed E-state index contributed by atoms with van der Waals surface area (Å²) < 4.78 is 89.0. The zero-order chi connectivity index (χ0) is 49.9. The number of halogens is 3. The second-order valence-corrected chi connectivity index (χ2v) is 18.2. The summed E-state index contributed by atoms with van der Waals surface area (Å²) in [6, 6.07) is 26.4. The average molecular weight is 979 g/mol. The molecule has 6 rings (SSSR count). The molecule has 2 amide bonds. The van der Waals surface area contributed by atoms with Gasteiger partial charge >= 0.3 is 12.1 Å². The van der Waals surface area contributed by atoms with Crippen LogP contribution in [-0.4, -0.2) is 113 Å². The Morgan fingerprint density at radius 3 is 2.01 bits per heavy atom. The molecule has 3 heterocycles. The first kappa shape index (κ1) is 52.6. The number of imidazole rings is 1. The predicted molar refractivity (Wildman–Crippen MR) is 250 cm³/mol. The fourth-order valence-electron chi connectivity index (χ4n) is 7.90. The van der Waals surface area contributed by atoms with E-state index in [2.05, 4.69) is 26.3 Å². The molecule has 0 spiro atoms. The first-order valence-corrected chi connectivity index (χ1v) is 23.5. The van der Waals surface area contributed by atoms with E-state index in [9.17, 15) is 28.0 Å². The van der Waals surface area contributed by atoms with Gasteiger partial charge in [0.25, 0.3) is 8.53 Å². The van der Waals surface area contributed by atoms with Gasteiger partial charge in [-0.3, -0.25) is 14.2 Å². The van der Waals surface area contributed by atoms with Crippen molar-refractivity contribution < 1.29 is 55.5 Å². The van der Waals surface area contributed by atoms with Crippen molar-refractivity contribution >= 4 is 37.3 Å². The molecule has 0 aliphatic carbocycles. The standard InChI is InChI=1S/C48H58F3N8O9P/c1-30(2)44(60)57-42-39-43(55-28-54-42)58(29-56-39)45-41(64-26-24-53-46(61)48(49,50)51)40(68-69(66-25-12-23-52)59(31(3)4)32(5)6)38(67-45)27-65-47(33-13-10-9-11-14-33,34-15-19-36(62-7)20-16-34)35-17-21-37(63-8)22-18-35/h9-11,13-22,28-32,38,40-41,45H,12,24-27H2,1-8H3,(H,53,61)(H,54,55,57,60)/t38-,40-,41-,45-,69?/m1/s1. The molecular weight excluding hydrogens is 921 g/mol. The third kappa shape index (κ3) is 12.3. The maximum Gasteiger partial charge on any atom is 0.471 e. The Morgan fingerprint density at radius 1 is 0.855 bits per heavy atom. The monoisotopic (exact) mass is 978 g/mol. The fraction of sp³-hybridized carbons (Fsp3) is 0.458. The molecule has 2 N–H and O–H groups in total. The Kier molecular flexibility index (Phi) is 18.1. The van der Waals surface area contributed by atoms with Crippen LogP contribution < -0.4 is 20.1 Å². The van der Waals surface area contributed by atoms with E-state index in [0.29, 0.717) is 11.5 Å². The average Bonchev–Trinajstić information content (AvgIpc) is 3.92. The van der Waals surface area contributed by atoms with Crippen LogP contribution in [0.3, 0.4) is 0 Å². The van der Waals surface area contributed by atoms with Gasteiger partial charge in [0.05, 0.1) is 52.9 Å². The lowest BCUT2D eigenvalue weighted by molar-refractivity contribution is -0.174. The quantitative estimate of drug-likeness (QED) is 0.0363. The first-order chi connectivity index (χ1) is 33.0. The molecule has 0 bridgehead atoms. The SMILES string of the molecule is COc1ccc(C(OC[C@H]2O[C@@H](n3cnc4c(NC(=O)C(C)C)ncnc43)[C@H](OCCNC(=O)C(F)(F)F)[C@@H]2OP(OCCC#N)N(C(C)C)C(C)C)(c2ccccc2)c2ccc(OC)cc2)cc1. The molecule has 2 aromatic heterocycles. The number of benzene rings is 3. The van der Waals surface area contributed by atoms with Crippen LogP contribution in [0.5, 0.6) is 11.5 Å². The van der Waals surface area contributed by atoms with Crippen molar-refractivity contribution in [1.29, 1.82) is 5.26 Å². The Bertz CT molecular complexity index is 2440. The number of nitriles is 1. The molecule has 370 valence electrons. The van der Waals surface area contributed by atoms with Crippen LogP contribution in [0, 0.1) is 17.2 Å². The molecule has 69 heavy (non-hydrogen) atoms. The molecule has 21 heteroatoms. The minimum absolute atomic E-state index is 0.0192. The Morgan fingerprint density at radius 2 is 1.46 bits per heavy atom. The van der Waals surface area contributed by atoms with E-state index >= 15 is 0 Å². The lowest BCUT2D eigenvalue weighted by Gasteiger charge is -2.39. The molecule has 1 aliphatic rings. The summed E-state index contributed by atoms with van der Waals surface area (Å²) in [5, 5.41) is 14.2. The van der Waals surface area contributed by atoms with Gasteiger partial charge < -0.3 is 43.4 Å². The van der Waals surface area contributed by atoms with Gasteiger partial charge in [-0.05, 0) is 68.7 Å². The van der Waals surface area contributed by atoms with Crippen LogP contribution in [0.15, 0.2) is 91.5 Å². The summed E-state index contributed by atoms with van der Waals surface area (Å²) in [6.07, 6.45) is -6.91. The van der Waals surface area contributed by atoms with E-state index in [1.165, 1.54) is 12.7 Å². The first-order valence-electron chi connectivity index (χ1n) is 22.4. The second-order valence-electron chi connectivity index (χ2n) is 16.8. The van der Waals surface area contributed by atoms with Gasteiger partial charge in [0.15, 0.2) is 23.2 Å². The lowest BCUT2D eigenvalue weighted by Crippen LogP contribution is -2.44. The number of fused-ring (bicyclic) bond motifs is 1. The number of aromatic nitrogens is 4. The zero-order valence-electron chi connectivity index (χ0n) is 39.7. The van der Waals surface area contributed by atoms with Crippen molar-refractivity contribution in [2.45, 2.75) is 96.4 Å². The van der Waals surface area contributed by atoms with Crippen LogP contribution in [-0.2, 0) is 38.4 Å². The van der Waals surface area contributed by atoms with Crippen molar-refractivity contribution in [2.75, 3.05) is 45.9 Å². The maximum atomic E-state index is 13.3. The molecule has 0 saturated carbocycles. The minimum Gasteiger partial charge on any atom is -0.497 e. The highest BCUT2D eigenvalue weighted by Crippen LogP contribution is 2.51. The minimum atomic E-state index is -5.13. The van der Waals surface area contributed by atoms with Gasteiger partial charge in [0.2, 0.25) is 5.91 Å². The summed E-state index contributed by atoms with van der Waals surface area (Å²) in [6.45, 7) is 10.2. The van der Waals surface area contributed by atoms with Gasteiger partial charge in [0.1, 0.15) is 41.7 Å². The van der Waals surface area contributed by atoms with E-state index in [0.717, 1.165) is 16.7 Å². The molecule has 5 aromatic rings. The molecule has 1 saturated heterocycles. The van der Waals surface area contributed by atoms with Gasteiger partial charge in [-0.25, -0.2) is 19.6 Å². The van der Waals surface area contributed by atoms with Gasteiger partial charge in [-0.1, -0.05) is 68.4 Å². The highest BCUT2D eigenvalue weighted by atomic mass is 31.2. The maximum absolute atomic E-state index is 13.3. The van der Waals surface area contributed by atoms with Crippen LogP contribution in [0.1, 0.15) is 70.9 Å². The normalized spacial score (nSPS) is 17.9. The molecular formula is C48H58F3N8O9P. The third-order valence-electron chi connectivity index (χ3n) is 11.2. The number of anilines is 1. The van der Waals surface area contributed by atoms with Crippen LogP contribution in [0.2, 0.25) is 0 Å². The second kappa shape index (κ2) is 23.7. The van der Waals surface area contributed by atoms with E-state index in [4.69, 9.17) is 32.7 Å². The number of alkyl halides is 3. The number of amides is 2. The topological polar surface area (TPSA) is 193 Å². The summed E-state index contributed by atoms with van der Waals surface area (Å²) in [5.41, 5.74) is 1.31. The molecule has 1 aliphatic heterocycles. The molecule has 1 unspecified atom stereocenters. The van der Waals surface area contributed by atoms with Crippen LogP contribution in [0.4, 0.5) is 19.0 Å². The third-order valence-corrected chi connectivity index (χ3v) is 13.3. The number of nitrogens with one attached hydrogen (secondary N) is 2. The van der Waals surface area contributed by atoms with Crippen molar-refractivity contribution in [3.63, 3.8) is 0 Å². The summed E-state index contributed by atoms with van der Waals surface area (Å²) in [7, 11) is 1.14. The summed E-state index contributed by atoms with van der Waals surface area (Å²) >= 11 is 0. The van der Waals surface area contributed by atoms with Crippen molar-refractivity contribution in [3.8, 4) is 17.6 Å². The smallest absolute Gasteiger partial charge is 0.471 e. The number of carbonyl (C=O) groups excluding carboxylic acids is 2. The van der Waals surface area contributed by atoms with Crippen molar-refractivity contribution in [1.82, 2.24) is 29.5 Å². The van der Waals surface area contributed by atoms with E-state index in [-0.39, 0.29) is 60.5 Å². The van der Waals surface area contributed by atoms with E-state index in [1.54, 1.807) is 32.6 Å². The van der Waals surface area contributed by atoms with Crippen LogP contribution >= 0.6 is 8.53 Å². The van der Waals surface area contributed by atoms with Crippen molar-refractivity contribution in [2.24, 2.45) is 5.92 Å². The largest absolute Gasteiger partial charge is 0.497 e. The molecule has 3 aromatic carbocycles. The Labute approximate surface area is 400 Å². The van der Waals surface area contributed by atoms with Gasteiger partial charge in [-0.15, -0.1) is 0 Å². The number of rotatable bonds is 23. The number of hydrogen-bond acceptors (Lipinski definition) is 14. The summed E-state index contributed by atoms with van der Waals surface area (Å²) in [4.78, 5) is 38.2. The number of hydrogen-bond donors (Lipinski definition) is 2. The Balaban J connectivity index is 1.52. The fourth-order valence-corrected chi connectivity index (χ4v) is 9.67. The lowest BCUT2D eigenvalue weighted by atomic mass is 9.80. The van der Waals surface area contributed by atoms with E-state index < -0.39 is 63.9 Å². The molecule has 0 radical (unpaired) electrons. The number of methoxy groups -OCH3 is 2. The molecule has 5 atom stereocenters. The van der Waals surface area contributed by atoms with Gasteiger partial charge in [0, 0.05) is 24.5 Å². The van der Waals surface area contributed by atoms with Crippen molar-refractivity contribution in [3.05, 3.63) is 108 Å². The highest BCUT2D eigenvalue weighted by Gasteiger charge is 2.52. The molecule has 17 nitrogen and oxygen atoms in total. The number of carbonyl (C=O) groups is 2. The number of nitrogens with zero attached hydrogens (tertiary/aromatic N) is 6. The predicted octanol–water partition coefficient (Wildman–Crippen LogP) is 8.07.